The highest BCUT2D eigenvalue weighted by Crippen LogP contribution is 2.38. The summed E-state index contributed by atoms with van der Waals surface area (Å²) in [6.07, 6.45) is 6.06. The zero-order valence-electron chi connectivity index (χ0n) is 21.0. The first kappa shape index (κ1) is 27.5. The second kappa shape index (κ2) is 14.5. The minimum Gasteiger partial charge on any atom is -0.493 e. The third kappa shape index (κ3) is 8.20. The van der Waals surface area contributed by atoms with Crippen LogP contribution in [0.1, 0.15) is 61.9 Å². The number of amides is 1. The molecule has 35 heavy (non-hydrogen) atoms. The zero-order chi connectivity index (χ0) is 25.6. The average molecular weight is 487 g/mol. The van der Waals surface area contributed by atoms with Crippen LogP contribution in [0.5, 0.6) is 28.7 Å². The molecule has 2 aromatic carbocycles. The van der Waals surface area contributed by atoms with Gasteiger partial charge in [-0.2, -0.15) is 5.10 Å². The van der Waals surface area contributed by atoms with Crippen LogP contribution in [0, 0.1) is 0 Å². The fraction of sp³-hybridized carbons (Fsp3) is 0.423. The number of nitrogens with zero attached hydrogens (tertiary/aromatic N) is 1. The lowest BCUT2D eigenvalue weighted by molar-refractivity contribution is -0.121. The van der Waals surface area contributed by atoms with Gasteiger partial charge in [-0.1, -0.05) is 26.2 Å². The van der Waals surface area contributed by atoms with Crippen LogP contribution in [0.2, 0.25) is 0 Å². The van der Waals surface area contributed by atoms with Gasteiger partial charge in [0.2, 0.25) is 11.7 Å². The van der Waals surface area contributed by atoms with E-state index in [0.29, 0.717) is 41.6 Å². The molecule has 0 heterocycles. The molecule has 0 radical (unpaired) electrons. The van der Waals surface area contributed by atoms with Crippen LogP contribution in [0.4, 0.5) is 0 Å². The van der Waals surface area contributed by atoms with E-state index in [4.69, 9.17) is 23.7 Å². The van der Waals surface area contributed by atoms with E-state index in [1.165, 1.54) is 39.7 Å². The van der Waals surface area contributed by atoms with E-state index in [1.54, 1.807) is 18.2 Å². The molecule has 0 fully saturated rings. The summed E-state index contributed by atoms with van der Waals surface area (Å²) in [6.45, 7) is 4.31. The summed E-state index contributed by atoms with van der Waals surface area (Å²) in [5.74, 6) is 0.898. The SMILES string of the molecule is CCCCCCC(=O)NN=Cc1ccc(OC(=O)c2cc(OC)c(OC)c(OC)c2)c(OCC)c1. The van der Waals surface area contributed by atoms with Gasteiger partial charge in [-0.15, -0.1) is 0 Å². The summed E-state index contributed by atoms with van der Waals surface area (Å²) in [4.78, 5) is 24.7. The Kier molecular flexibility index (Phi) is 11.4. The summed E-state index contributed by atoms with van der Waals surface area (Å²) in [5.41, 5.74) is 3.42. The first-order valence-electron chi connectivity index (χ1n) is 11.6. The molecule has 1 amide bonds. The van der Waals surface area contributed by atoms with E-state index < -0.39 is 5.97 Å². The maximum Gasteiger partial charge on any atom is 0.343 e. The Hall–Kier alpha value is -3.75. The Morgan fingerprint density at radius 3 is 2.20 bits per heavy atom. The highest BCUT2D eigenvalue weighted by atomic mass is 16.6. The Bertz CT molecular complexity index is 996. The van der Waals surface area contributed by atoms with Crippen molar-refractivity contribution in [3.8, 4) is 28.7 Å². The molecule has 0 bridgehead atoms. The molecule has 1 N–H and O–H groups in total. The fourth-order valence-corrected chi connectivity index (χ4v) is 3.26. The van der Waals surface area contributed by atoms with E-state index in [9.17, 15) is 9.59 Å². The first-order chi connectivity index (χ1) is 17.0. The quantitative estimate of drug-likeness (QED) is 0.135. The number of rotatable bonds is 14. The third-order valence-corrected chi connectivity index (χ3v) is 5.03. The van der Waals surface area contributed by atoms with Gasteiger partial charge in [-0.25, -0.2) is 10.2 Å². The van der Waals surface area contributed by atoms with Gasteiger partial charge in [0.25, 0.3) is 0 Å². The minimum atomic E-state index is -0.623. The molecular weight excluding hydrogens is 452 g/mol. The van der Waals surface area contributed by atoms with Gasteiger partial charge in [0, 0.05) is 6.42 Å². The van der Waals surface area contributed by atoms with Crippen LogP contribution < -0.4 is 29.1 Å². The smallest absolute Gasteiger partial charge is 0.343 e. The number of benzene rings is 2. The monoisotopic (exact) mass is 486 g/mol. The van der Waals surface area contributed by atoms with Crippen molar-refractivity contribution in [2.75, 3.05) is 27.9 Å². The Morgan fingerprint density at radius 2 is 1.60 bits per heavy atom. The van der Waals surface area contributed by atoms with Gasteiger partial charge in [-0.3, -0.25) is 4.79 Å². The number of carbonyl (C=O) groups is 2. The zero-order valence-corrected chi connectivity index (χ0v) is 21.0. The number of carbonyl (C=O) groups excluding carboxylic acids is 2. The molecule has 0 saturated heterocycles. The van der Waals surface area contributed by atoms with Crippen LogP contribution in [0.25, 0.3) is 0 Å². The molecule has 9 nitrogen and oxygen atoms in total. The van der Waals surface area contributed by atoms with Crippen LogP contribution in [-0.4, -0.2) is 46.0 Å². The predicted octanol–water partition coefficient (Wildman–Crippen LogP) is 4.75. The van der Waals surface area contributed by atoms with Crippen molar-refractivity contribution >= 4 is 18.1 Å². The fourth-order valence-electron chi connectivity index (χ4n) is 3.26. The molecule has 2 aromatic rings. The second-order valence-corrected chi connectivity index (χ2v) is 7.55. The number of methoxy groups -OCH3 is 3. The van der Waals surface area contributed by atoms with Gasteiger partial charge in [0.15, 0.2) is 23.0 Å². The number of hydrogen-bond donors (Lipinski definition) is 1. The van der Waals surface area contributed by atoms with E-state index in [1.807, 2.05) is 6.92 Å². The van der Waals surface area contributed by atoms with E-state index in [0.717, 1.165) is 25.7 Å². The second-order valence-electron chi connectivity index (χ2n) is 7.55. The Labute approximate surface area is 206 Å². The first-order valence-corrected chi connectivity index (χ1v) is 11.6. The lowest BCUT2D eigenvalue weighted by Crippen LogP contribution is -2.16. The van der Waals surface area contributed by atoms with Crippen molar-refractivity contribution < 1.29 is 33.3 Å². The Morgan fingerprint density at radius 1 is 0.886 bits per heavy atom. The summed E-state index contributed by atoms with van der Waals surface area (Å²) >= 11 is 0. The van der Waals surface area contributed by atoms with Gasteiger partial charge >= 0.3 is 5.97 Å². The lowest BCUT2D eigenvalue weighted by atomic mass is 10.1. The molecule has 9 heteroatoms. The summed E-state index contributed by atoms with van der Waals surface area (Å²) < 4.78 is 27.1. The normalized spacial score (nSPS) is 10.7. The molecule has 0 aliphatic heterocycles. The average Bonchev–Trinajstić information content (AvgIpc) is 2.87. The molecule has 0 aliphatic carbocycles. The van der Waals surface area contributed by atoms with Crippen LogP contribution >= 0.6 is 0 Å². The van der Waals surface area contributed by atoms with Crippen LogP contribution in [0.3, 0.4) is 0 Å². The summed E-state index contributed by atoms with van der Waals surface area (Å²) in [5, 5.41) is 4.01. The van der Waals surface area contributed by atoms with Crippen LogP contribution in [-0.2, 0) is 4.79 Å². The number of ether oxygens (including phenoxy) is 5. The number of hydrogen-bond acceptors (Lipinski definition) is 8. The third-order valence-electron chi connectivity index (χ3n) is 5.03. The molecule has 2 rings (SSSR count). The molecule has 0 atom stereocenters. The standard InChI is InChI=1S/C26H34N2O7/c1-6-8-9-10-11-24(29)28-27-17-18-12-13-20(21(14-18)34-7-2)35-26(30)19-15-22(31-3)25(33-5)23(16-19)32-4/h12-17H,6-11H2,1-5H3,(H,28,29). The molecule has 0 saturated carbocycles. The molecular formula is C26H34N2O7. The molecule has 0 aliphatic rings. The van der Waals surface area contributed by atoms with Crippen molar-refractivity contribution in [3.63, 3.8) is 0 Å². The summed E-state index contributed by atoms with van der Waals surface area (Å²) in [7, 11) is 4.42. The van der Waals surface area contributed by atoms with Gasteiger partial charge < -0.3 is 23.7 Å². The van der Waals surface area contributed by atoms with Crippen molar-refractivity contribution in [2.24, 2.45) is 5.10 Å². The van der Waals surface area contributed by atoms with E-state index in [2.05, 4.69) is 17.5 Å². The summed E-state index contributed by atoms with van der Waals surface area (Å²) in [6, 6.07) is 8.01. The highest BCUT2D eigenvalue weighted by molar-refractivity contribution is 5.93. The maximum absolute atomic E-state index is 12.9. The topological polar surface area (TPSA) is 105 Å². The van der Waals surface area contributed by atoms with E-state index in [-0.39, 0.29) is 17.2 Å². The minimum absolute atomic E-state index is 0.127. The molecule has 0 aromatic heterocycles. The van der Waals surface area contributed by atoms with Gasteiger partial charge in [0.1, 0.15) is 0 Å². The lowest BCUT2D eigenvalue weighted by Gasteiger charge is -2.15. The maximum atomic E-state index is 12.9. The number of unbranched alkanes of at least 4 members (excludes halogenated alkanes) is 3. The van der Waals surface area contributed by atoms with Crippen molar-refractivity contribution in [1.82, 2.24) is 5.43 Å². The van der Waals surface area contributed by atoms with E-state index >= 15 is 0 Å². The van der Waals surface area contributed by atoms with Crippen molar-refractivity contribution in [1.29, 1.82) is 0 Å². The molecule has 190 valence electrons. The highest BCUT2D eigenvalue weighted by Gasteiger charge is 2.19. The number of esters is 1. The van der Waals surface area contributed by atoms with Gasteiger partial charge in [0.05, 0.1) is 39.7 Å². The Balaban J connectivity index is 2.13. The molecule has 0 unspecified atom stereocenters. The number of hydrazone groups is 1. The van der Waals surface area contributed by atoms with Crippen LogP contribution in [0.15, 0.2) is 35.4 Å². The van der Waals surface area contributed by atoms with Crippen molar-refractivity contribution in [2.45, 2.75) is 46.0 Å². The van der Waals surface area contributed by atoms with Crippen molar-refractivity contribution in [3.05, 3.63) is 41.5 Å². The predicted molar refractivity (Wildman–Crippen MR) is 133 cm³/mol. The largest absolute Gasteiger partial charge is 0.493 e. The number of nitrogens with one attached hydrogen (secondary N) is 1. The molecule has 0 spiro atoms. The van der Waals surface area contributed by atoms with Gasteiger partial charge in [-0.05, 0) is 49.2 Å².